The van der Waals surface area contributed by atoms with E-state index in [-0.39, 0.29) is 18.4 Å². The maximum Gasteiger partial charge on any atom is 0.244 e. The minimum atomic E-state index is -2.88. The molecule has 202 valence electrons. The van der Waals surface area contributed by atoms with Gasteiger partial charge in [-0.15, -0.1) is 0 Å². The zero-order valence-electron chi connectivity index (χ0n) is 20.6. The van der Waals surface area contributed by atoms with E-state index in [4.69, 9.17) is 11.5 Å². The largest absolute Gasteiger partial charge is 0.505 e. The predicted octanol–water partition coefficient (Wildman–Crippen LogP) is -1.56. The summed E-state index contributed by atoms with van der Waals surface area (Å²) in [7, 11) is 2.94. The van der Waals surface area contributed by atoms with E-state index in [2.05, 4.69) is 5.32 Å². The monoisotopic (exact) mass is 530 g/mol. The fourth-order valence-electron chi connectivity index (χ4n) is 6.33. The van der Waals surface area contributed by atoms with Crippen LogP contribution in [0.15, 0.2) is 6.07 Å². The number of amides is 2. The highest BCUT2D eigenvalue weighted by atomic mass is 19.1. The van der Waals surface area contributed by atoms with Gasteiger partial charge in [0.15, 0.2) is 34.7 Å². The van der Waals surface area contributed by atoms with E-state index in [1.165, 1.54) is 19.0 Å². The highest BCUT2D eigenvalue weighted by molar-refractivity contribution is 6.32. The summed E-state index contributed by atoms with van der Waals surface area (Å²) in [6.07, 6.45) is 0.361. The molecule has 4 aliphatic rings. The second kappa shape index (κ2) is 8.22. The number of nitrogens with zero attached hydrogens (tertiary/aromatic N) is 1. The third-order valence-corrected chi connectivity index (χ3v) is 8.50. The zero-order valence-corrected chi connectivity index (χ0v) is 20.6. The van der Waals surface area contributed by atoms with E-state index in [9.17, 15) is 39.0 Å². The smallest absolute Gasteiger partial charge is 0.244 e. The number of aliphatic hydroxyl groups is 1. The van der Waals surface area contributed by atoms with Gasteiger partial charge in [-0.2, -0.15) is 0 Å². The Hall–Kier alpha value is -3.55. The summed E-state index contributed by atoms with van der Waals surface area (Å²) in [5.41, 5.74) is 5.93. The van der Waals surface area contributed by atoms with Crippen molar-refractivity contribution in [1.29, 1.82) is 0 Å². The Balaban J connectivity index is 1.59. The van der Waals surface area contributed by atoms with Gasteiger partial charge in [-0.05, 0) is 45.7 Å². The van der Waals surface area contributed by atoms with E-state index in [1.807, 2.05) is 0 Å². The van der Waals surface area contributed by atoms with Crippen molar-refractivity contribution in [3.63, 3.8) is 0 Å². The van der Waals surface area contributed by atoms with Crippen molar-refractivity contribution >= 4 is 40.6 Å². The Kier molecular flexibility index (Phi) is 5.64. The Morgan fingerprint density at radius 3 is 2.34 bits per heavy atom. The van der Waals surface area contributed by atoms with E-state index in [0.717, 1.165) is 6.07 Å². The van der Waals surface area contributed by atoms with Gasteiger partial charge in [-0.1, -0.05) is 0 Å². The third-order valence-electron chi connectivity index (χ3n) is 8.50. The molecular weight excluding hydrogens is 503 g/mol. The lowest BCUT2D eigenvalue weighted by Crippen LogP contribution is -2.74. The number of Topliss-reactive ketones (excluding diaryl/α,β-unsaturated/α-hetero) is 4. The number of rotatable bonds is 4. The molecule has 3 saturated carbocycles. The number of hydrogen-bond acceptors (Lipinski definition) is 10. The average Bonchev–Trinajstić information content (AvgIpc) is 3.57. The van der Waals surface area contributed by atoms with Crippen LogP contribution in [0.3, 0.4) is 0 Å². The number of aromatic hydroxyl groups is 1. The molecule has 0 aliphatic heterocycles. The van der Waals surface area contributed by atoms with Crippen LogP contribution in [0.5, 0.6) is 5.75 Å². The SMILES string of the molecule is CN(C)[C@@H]1C(=O)C(C(N)=O)C(=O)[C@@]2(O)C(=O)C3C(=O)c4c(O)c(NC(=O)C5(N)CC5)cc(F)c4C[C@H]3C[C@@H]12. The fourth-order valence-corrected chi connectivity index (χ4v) is 6.33. The molecule has 38 heavy (non-hydrogen) atoms. The first-order valence-electron chi connectivity index (χ1n) is 12.1. The standard InChI is InChI=1S/C25H27FN4O8/c1-30(2)16-10-6-8-5-9-11(26)7-12(29-23(37)24(28)3-4-24)17(31)14(9)18(32)13(8)20(34)25(10,38)21(35)15(19(16)33)22(27)36/h7-8,10,13,15-16,31,38H,3-6,28H2,1-2H3,(H2,27,36)(H,29,37)/t8-,10-,13?,15?,16-,25-/m0/s1. The summed E-state index contributed by atoms with van der Waals surface area (Å²) in [6, 6.07) is -0.390. The molecule has 4 aliphatic carbocycles. The molecule has 2 amide bonds. The van der Waals surface area contributed by atoms with Crippen LogP contribution in [0.4, 0.5) is 10.1 Å². The fraction of sp³-hybridized carbons (Fsp3) is 0.520. The molecule has 13 heteroatoms. The number of fused-ring (bicyclic) bond motifs is 3. The lowest BCUT2D eigenvalue weighted by molar-refractivity contribution is -0.181. The molecule has 0 radical (unpaired) electrons. The predicted molar refractivity (Wildman–Crippen MR) is 126 cm³/mol. The van der Waals surface area contributed by atoms with Crippen LogP contribution in [-0.4, -0.2) is 81.3 Å². The molecule has 5 rings (SSSR count). The summed E-state index contributed by atoms with van der Waals surface area (Å²) in [4.78, 5) is 79.4. The highest BCUT2D eigenvalue weighted by Gasteiger charge is 2.69. The normalized spacial score (nSPS) is 33.4. The molecule has 0 heterocycles. The van der Waals surface area contributed by atoms with Crippen LogP contribution in [-0.2, 0) is 30.4 Å². The molecule has 0 bridgehead atoms. The number of carbonyl (C=O) groups excluding carboxylic acids is 6. The number of nitrogens with one attached hydrogen (secondary N) is 1. The van der Waals surface area contributed by atoms with Gasteiger partial charge < -0.3 is 27.0 Å². The number of benzene rings is 1. The molecule has 7 N–H and O–H groups in total. The Bertz CT molecular complexity index is 1360. The van der Waals surface area contributed by atoms with Crippen LogP contribution in [0.25, 0.3) is 0 Å². The van der Waals surface area contributed by atoms with Crippen molar-refractivity contribution in [2.24, 2.45) is 35.1 Å². The van der Waals surface area contributed by atoms with Gasteiger partial charge >= 0.3 is 0 Å². The van der Waals surface area contributed by atoms with Crippen LogP contribution < -0.4 is 16.8 Å². The number of phenols is 1. The lowest BCUT2D eigenvalue weighted by Gasteiger charge is -2.52. The molecule has 12 nitrogen and oxygen atoms in total. The third kappa shape index (κ3) is 3.38. The quantitative estimate of drug-likeness (QED) is 0.223. The van der Waals surface area contributed by atoms with Crippen LogP contribution in [0.1, 0.15) is 35.2 Å². The molecular formula is C25H27FN4O8. The zero-order chi connectivity index (χ0) is 28.1. The van der Waals surface area contributed by atoms with E-state index in [1.54, 1.807) is 0 Å². The Morgan fingerprint density at radius 2 is 1.79 bits per heavy atom. The van der Waals surface area contributed by atoms with Gasteiger partial charge in [-0.25, -0.2) is 4.39 Å². The summed E-state index contributed by atoms with van der Waals surface area (Å²) in [5.74, 6) is -14.2. The molecule has 0 aromatic heterocycles. The van der Waals surface area contributed by atoms with Crippen molar-refractivity contribution in [3.8, 4) is 5.75 Å². The first kappa shape index (κ1) is 26.1. The second-order valence-corrected chi connectivity index (χ2v) is 11.0. The summed E-state index contributed by atoms with van der Waals surface area (Å²) < 4.78 is 15.2. The van der Waals surface area contributed by atoms with Gasteiger partial charge in [-0.3, -0.25) is 33.7 Å². The lowest BCUT2D eigenvalue weighted by atomic mass is 9.52. The van der Waals surface area contributed by atoms with E-state index in [0.29, 0.717) is 12.8 Å². The second-order valence-electron chi connectivity index (χ2n) is 11.0. The van der Waals surface area contributed by atoms with Crippen molar-refractivity contribution in [3.05, 3.63) is 23.0 Å². The number of primary amides is 1. The highest BCUT2D eigenvalue weighted by Crippen LogP contribution is 2.51. The molecule has 1 aromatic carbocycles. The first-order chi connectivity index (χ1) is 17.6. The molecule has 6 atom stereocenters. The van der Waals surface area contributed by atoms with Crippen molar-refractivity contribution < 1.29 is 43.4 Å². The summed E-state index contributed by atoms with van der Waals surface area (Å²) in [6.45, 7) is 0. The minimum absolute atomic E-state index is 0.191. The number of phenolic OH excluding ortho intramolecular Hbond substituents is 1. The summed E-state index contributed by atoms with van der Waals surface area (Å²) in [5, 5.41) is 24.7. The topological polar surface area (TPSA) is 210 Å². The Labute approximate surface area is 215 Å². The number of hydrogen-bond donors (Lipinski definition) is 5. The van der Waals surface area contributed by atoms with Gasteiger partial charge in [0.1, 0.15) is 11.6 Å². The van der Waals surface area contributed by atoms with E-state index >= 15 is 4.39 Å². The van der Waals surface area contributed by atoms with Gasteiger partial charge in [0.05, 0.1) is 28.7 Å². The minimum Gasteiger partial charge on any atom is -0.505 e. The average molecular weight is 531 g/mol. The van der Waals surface area contributed by atoms with Gasteiger partial charge in [0, 0.05) is 17.5 Å². The van der Waals surface area contributed by atoms with Gasteiger partial charge in [0.25, 0.3) is 0 Å². The maximum atomic E-state index is 15.2. The molecule has 1 aromatic rings. The Morgan fingerprint density at radius 1 is 1.16 bits per heavy atom. The van der Waals surface area contributed by atoms with Crippen LogP contribution in [0.2, 0.25) is 0 Å². The van der Waals surface area contributed by atoms with Crippen LogP contribution >= 0.6 is 0 Å². The number of likely N-dealkylation sites (N-methyl/N-ethyl adjacent to an activating group) is 1. The van der Waals surface area contributed by atoms with E-state index < -0.39 is 98.6 Å². The number of ketones is 4. The van der Waals surface area contributed by atoms with Crippen molar-refractivity contribution in [2.75, 3.05) is 19.4 Å². The van der Waals surface area contributed by atoms with Crippen molar-refractivity contribution in [2.45, 2.75) is 42.9 Å². The number of anilines is 1. The maximum absolute atomic E-state index is 15.2. The van der Waals surface area contributed by atoms with Crippen molar-refractivity contribution in [1.82, 2.24) is 4.90 Å². The molecule has 0 saturated heterocycles. The molecule has 0 spiro atoms. The number of nitrogens with two attached hydrogens (primary N) is 2. The number of carbonyl (C=O) groups is 6. The number of halogens is 1. The molecule has 2 unspecified atom stereocenters. The van der Waals surface area contributed by atoms with Crippen LogP contribution in [0, 0.1) is 29.5 Å². The first-order valence-corrected chi connectivity index (χ1v) is 12.1. The van der Waals surface area contributed by atoms with Gasteiger partial charge in [0.2, 0.25) is 11.8 Å². The molecule has 3 fully saturated rings. The summed E-state index contributed by atoms with van der Waals surface area (Å²) >= 11 is 0.